The minimum absolute atomic E-state index is 0.0751. The molecule has 0 unspecified atom stereocenters. The van der Waals surface area contributed by atoms with Crippen LogP contribution in [-0.4, -0.2) is 6.41 Å². The van der Waals surface area contributed by atoms with Crippen molar-refractivity contribution in [3.8, 4) is 0 Å². The molecule has 0 saturated carbocycles. The fourth-order valence-electron chi connectivity index (χ4n) is 1.93. The highest BCUT2D eigenvalue weighted by molar-refractivity contribution is 5.87. The molecule has 0 aliphatic rings. The van der Waals surface area contributed by atoms with E-state index < -0.39 is 0 Å². The highest BCUT2D eigenvalue weighted by Gasteiger charge is 2.23. The summed E-state index contributed by atoms with van der Waals surface area (Å²) in [6, 6.07) is 11.5. The van der Waals surface area contributed by atoms with Gasteiger partial charge in [-0.3, -0.25) is 9.69 Å². The van der Waals surface area contributed by atoms with Crippen molar-refractivity contribution in [1.82, 2.24) is 0 Å². The molecule has 0 bridgehead atoms. The van der Waals surface area contributed by atoms with Gasteiger partial charge in [0.2, 0.25) is 6.41 Å². The minimum atomic E-state index is -0.0751. The lowest BCUT2D eigenvalue weighted by molar-refractivity contribution is -0.106. The number of carbonyl (C=O) groups excluding carboxylic acids is 1. The number of anilines is 2. The Balaban J connectivity index is 2.45. The van der Waals surface area contributed by atoms with Crippen molar-refractivity contribution in [2.75, 3.05) is 4.90 Å². The molecule has 3 heteroatoms. The third kappa shape index (κ3) is 2.70. The molecule has 2 rings (SSSR count). The predicted molar refractivity (Wildman–Crippen MR) is 76.8 cm³/mol. The predicted octanol–water partition coefficient (Wildman–Crippen LogP) is 4.18. The van der Waals surface area contributed by atoms with E-state index in [9.17, 15) is 4.79 Å². The zero-order valence-electron chi connectivity index (χ0n) is 11.8. The molecule has 1 heterocycles. The molecule has 0 radical (unpaired) electrons. The van der Waals surface area contributed by atoms with Gasteiger partial charge in [-0.25, -0.2) is 0 Å². The monoisotopic (exact) mass is 257 g/mol. The van der Waals surface area contributed by atoms with E-state index in [0.29, 0.717) is 0 Å². The van der Waals surface area contributed by atoms with Crippen molar-refractivity contribution in [3.63, 3.8) is 0 Å². The van der Waals surface area contributed by atoms with Crippen molar-refractivity contribution < 1.29 is 9.21 Å². The number of aryl methyl sites for hydroxylation is 1. The first-order valence-electron chi connectivity index (χ1n) is 6.34. The molecule has 0 aliphatic carbocycles. The van der Waals surface area contributed by atoms with E-state index in [-0.39, 0.29) is 5.41 Å². The summed E-state index contributed by atoms with van der Waals surface area (Å²) in [6.45, 7) is 8.14. The van der Waals surface area contributed by atoms with Gasteiger partial charge in [-0.1, -0.05) is 39.0 Å². The Hall–Kier alpha value is -2.03. The summed E-state index contributed by atoms with van der Waals surface area (Å²) < 4.78 is 5.78. The van der Waals surface area contributed by atoms with E-state index >= 15 is 0 Å². The van der Waals surface area contributed by atoms with Gasteiger partial charge in [0.15, 0.2) is 0 Å². The lowest BCUT2D eigenvalue weighted by atomic mass is 9.93. The summed E-state index contributed by atoms with van der Waals surface area (Å²) >= 11 is 0. The number of furan rings is 1. The van der Waals surface area contributed by atoms with Crippen LogP contribution in [0.2, 0.25) is 0 Å². The fraction of sp³-hybridized carbons (Fsp3) is 0.312. The number of rotatable bonds is 3. The zero-order valence-corrected chi connectivity index (χ0v) is 11.8. The van der Waals surface area contributed by atoms with E-state index in [4.69, 9.17) is 4.42 Å². The molecule has 100 valence electrons. The van der Waals surface area contributed by atoms with Crippen molar-refractivity contribution in [1.29, 1.82) is 0 Å². The second-order valence-electron chi connectivity index (χ2n) is 5.61. The van der Waals surface area contributed by atoms with Gasteiger partial charge in [-0.15, -0.1) is 0 Å². The highest BCUT2D eigenvalue weighted by Crippen LogP contribution is 2.34. The smallest absolute Gasteiger partial charge is 0.218 e. The van der Waals surface area contributed by atoms with Crippen LogP contribution in [0.15, 0.2) is 40.8 Å². The highest BCUT2D eigenvalue weighted by atomic mass is 16.3. The molecule has 0 spiro atoms. The maximum Gasteiger partial charge on any atom is 0.218 e. The Bertz CT molecular complexity index is 564. The molecule has 19 heavy (non-hydrogen) atoms. The molecule has 2 aromatic rings. The van der Waals surface area contributed by atoms with Crippen molar-refractivity contribution in [3.05, 3.63) is 47.9 Å². The molecule has 0 N–H and O–H groups in total. The topological polar surface area (TPSA) is 33.5 Å². The first-order chi connectivity index (χ1) is 8.93. The molecule has 0 atom stereocenters. The average molecular weight is 257 g/mol. The number of hydrogen-bond acceptors (Lipinski definition) is 2. The van der Waals surface area contributed by atoms with Crippen LogP contribution in [0.25, 0.3) is 0 Å². The van der Waals surface area contributed by atoms with Crippen LogP contribution in [0.5, 0.6) is 0 Å². The first-order valence-corrected chi connectivity index (χ1v) is 6.34. The van der Waals surface area contributed by atoms with Gasteiger partial charge in [0.05, 0.1) is 5.69 Å². The quantitative estimate of drug-likeness (QED) is 0.773. The summed E-state index contributed by atoms with van der Waals surface area (Å²) in [5.41, 5.74) is 1.56. The van der Waals surface area contributed by atoms with Gasteiger partial charge < -0.3 is 4.42 Å². The number of nitrogens with zero attached hydrogens (tertiary/aromatic N) is 1. The molecule has 1 aromatic carbocycles. The fourth-order valence-corrected chi connectivity index (χ4v) is 1.93. The van der Waals surface area contributed by atoms with Crippen LogP contribution in [0.3, 0.4) is 0 Å². The SMILES string of the molecule is Cc1oc(C(C)(C)C)cc1N(C=O)c1ccccc1. The van der Waals surface area contributed by atoms with E-state index in [0.717, 1.165) is 29.3 Å². The summed E-state index contributed by atoms with van der Waals surface area (Å²) in [7, 11) is 0. The maximum atomic E-state index is 11.4. The number of para-hydroxylation sites is 1. The molecule has 0 aliphatic heterocycles. The third-order valence-electron chi connectivity index (χ3n) is 3.03. The molecule has 0 saturated heterocycles. The van der Waals surface area contributed by atoms with Gasteiger partial charge in [0, 0.05) is 17.2 Å². The molecular weight excluding hydrogens is 238 g/mol. The van der Waals surface area contributed by atoms with E-state index in [1.54, 1.807) is 4.90 Å². The van der Waals surface area contributed by atoms with Crippen LogP contribution >= 0.6 is 0 Å². The van der Waals surface area contributed by atoms with Crippen LogP contribution in [-0.2, 0) is 10.2 Å². The Morgan fingerprint density at radius 1 is 1.16 bits per heavy atom. The molecule has 1 amide bonds. The average Bonchev–Trinajstić information content (AvgIpc) is 2.74. The van der Waals surface area contributed by atoms with Crippen molar-refractivity contribution >= 4 is 17.8 Å². The minimum Gasteiger partial charge on any atom is -0.464 e. The summed E-state index contributed by atoms with van der Waals surface area (Å²) in [5, 5.41) is 0. The van der Waals surface area contributed by atoms with Crippen molar-refractivity contribution in [2.45, 2.75) is 33.1 Å². The molecule has 1 aromatic heterocycles. The number of hydrogen-bond donors (Lipinski definition) is 0. The number of benzene rings is 1. The first kappa shape index (κ1) is 13.4. The number of amides is 1. The Morgan fingerprint density at radius 3 is 2.26 bits per heavy atom. The van der Waals surface area contributed by atoms with Crippen LogP contribution < -0.4 is 4.90 Å². The Kier molecular flexibility index (Phi) is 3.47. The maximum absolute atomic E-state index is 11.4. The standard InChI is InChI=1S/C16H19NO2/c1-12-14(10-15(19-12)16(2,3)4)17(11-18)13-8-6-5-7-9-13/h5-11H,1-4H3. The lowest BCUT2D eigenvalue weighted by Crippen LogP contribution is -2.14. The van der Waals surface area contributed by atoms with E-state index in [2.05, 4.69) is 20.8 Å². The van der Waals surface area contributed by atoms with Gasteiger partial charge in [-0.05, 0) is 19.1 Å². The van der Waals surface area contributed by atoms with Gasteiger partial charge >= 0.3 is 0 Å². The number of carbonyl (C=O) groups is 1. The summed E-state index contributed by atoms with van der Waals surface area (Å²) in [6.07, 6.45) is 0.819. The largest absolute Gasteiger partial charge is 0.464 e. The molecule has 3 nitrogen and oxygen atoms in total. The van der Waals surface area contributed by atoms with E-state index in [1.165, 1.54) is 0 Å². The zero-order chi connectivity index (χ0) is 14.0. The van der Waals surface area contributed by atoms with Crippen LogP contribution in [0.1, 0.15) is 32.3 Å². The summed E-state index contributed by atoms with van der Waals surface area (Å²) in [4.78, 5) is 13.0. The molecule has 0 fully saturated rings. The molecular formula is C16H19NO2. The third-order valence-corrected chi connectivity index (χ3v) is 3.03. The van der Waals surface area contributed by atoms with Crippen LogP contribution in [0, 0.1) is 6.92 Å². The summed E-state index contributed by atoms with van der Waals surface area (Å²) in [5.74, 6) is 1.63. The van der Waals surface area contributed by atoms with Crippen molar-refractivity contribution in [2.24, 2.45) is 0 Å². The Labute approximate surface area is 113 Å². The normalized spacial score (nSPS) is 11.4. The van der Waals surface area contributed by atoms with Gasteiger partial charge in [-0.2, -0.15) is 0 Å². The lowest BCUT2D eigenvalue weighted by Gasteiger charge is -2.16. The van der Waals surface area contributed by atoms with E-state index in [1.807, 2.05) is 43.3 Å². The van der Waals surface area contributed by atoms with Gasteiger partial charge in [0.25, 0.3) is 0 Å². The van der Waals surface area contributed by atoms with Crippen LogP contribution in [0.4, 0.5) is 11.4 Å². The Morgan fingerprint density at radius 2 is 1.79 bits per heavy atom. The second-order valence-corrected chi connectivity index (χ2v) is 5.61. The second kappa shape index (κ2) is 4.92. The van der Waals surface area contributed by atoms with Gasteiger partial charge in [0.1, 0.15) is 11.5 Å².